The lowest BCUT2D eigenvalue weighted by atomic mass is 9.49. The highest BCUT2D eigenvalue weighted by atomic mass is 35.5. The van der Waals surface area contributed by atoms with E-state index in [0.29, 0.717) is 17.6 Å². The smallest absolute Gasteiger partial charge is 0.133 e. The SMILES string of the molecule is CC(=O)[C@H]1CC[C@H]2[C@@H]3CC[C@H]4C[C@@](O)(C#CCl)CC[C@@H]4[C@H]3CC[C@]12C. The summed E-state index contributed by atoms with van der Waals surface area (Å²) in [4.78, 5) is 12.2. The molecule has 1 N–H and O–H groups in total. The van der Waals surface area contributed by atoms with Crippen LogP contribution in [0.4, 0.5) is 0 Å². The number of carbonyl (C=O) groups is 1. The van der Waals surface area contributed by atoms with Crippen LogP contribution in [-0.2, 0) is 4.79 Å². The molecule has 0 amide bonds. The predicted octanol–water partition coefficient (Wildman–Crippen LogP) is 4.78. The molecular formula is C22H31ClO2. The zero-order valence-corrected chi connectivity index (χ0v) is 16.3. The van der Waals surface area contributed by atoms with E-state index in [1.54, 1.807) is 6.92 Å². The van der Waals surface area contributed by atoms with Gasteiger partial charge in [-0.2, -0.15) is 0 Å². The van der Waals surface area contributed by atoms with Crippen LogP contribution in [0.3, 0.4) is 0 Å². The molecule has 0 heterocycles. The number of aliphatic hydroxyl groups is 1. The molecule has 8 atom stereocenters. The first-order valence-corrected chi connectivity index (χ1v) is 10.6. The van der Waals surface area contributed by atoms with Crippen LogP contribution in [0.1, 0.15) is 71.6 Å². The third-order valence-electron chi connectivity index (χ3n) is 8.78. The summed E-state index contributed by atoms with van der Waals surface area (Å²) in [5.41, 5.74) is -0.606. The maximum absolute atomic E-state index is 12.2. The minimum atomic E-state index is -0.855. The standard InChI is InChI=1S/C22H31ClO2/c1-14(24)19-5-6-20-18-4-3-15-13-22(25,11-12-23)10-8-16(15)17(18)7-9-21(19,20)2/h15-20,25H,3-10,13H2,1-2H3/t15-,16-,17+,18+,19+,20-,21+,22-/m0/s1. The molecule has 0 radical (unpaired) electrons. The van der Waals surface area contributed by atoms with E-state index in [2.05, 4.69) is 18.2 Å². The van der Waals surface area contributed by atoms with Crippen molar-refractivity contribution in [1.29, 1.82) is 0 Å². The molecule has 3 heteroatoms. The Morgan fingerprint density at radius 2 is 1.80 bits per heavy atom. The van der Waals surface area contributed by atoms with Crippen LogP contribution >= 0.6 is 11.6 Å². The molecule has 0 aromatic heterocycles. The average molecular weight is 363 g/mol. The van der Waals surface area contributed by atoms with Crippen molar-refractivity contribution in [3.63, 3.8) is 0 Å². The van der Waals surface area contributed by atoms with Crippen LogP contribution in [0.2, 0.25) is 0 Å². The highest BCUT2D eigenvalue weighted by Gasteiger charge is 2.58. The van der Waals surface area contributed by atoms with Gasteiger partial charge in [-0.25, -0.2) is 0 Å². The van der Waals surface area contributed by atoms with Gasteiger partial charge in [0.2, 0.25) is 0 Å². The molecule has 138 valence electrons. The molecule has 4 aliphatic rings. The third-order valence-corrected chi connectivity index (χ3v) is 8.88. The minimum absolute atomic E-state index is 0.249. The van der Waals surface area contributed by atoms with E-state index in [4.69, 9.17) is 11.6 Å². The lowest BCUT2D eigenvalue weighted by Crippen LogP contribution is -2.51. The van der Waals surface area contributed by atoms with Crippen LogP contribution in [-0.4, -0.2) is 16.5 Å². The topological polar surface area (TPSA) is 37.3 Å². The fraction of sp³-hybridized carbons (Fsp3) is 0.864. The van der Waals surface area contributed by atoms with E-state index in [1.165, 1.54) is 32.1 Å². The Morgan fingerprint density at radius 1 is 1.04 bits per heavy atom. The monoisotopic (exact) mass is 362 g/mol. The Morgan fingerprint density at radius 3 is 2.52 bits per heavy atom. The summed E-state index contributed by atoms with van der Waals surface area (Å²) >= 11 is 5.58. The van der Waals surface area contributed by atoms with Gasteiger partial charge in [0.25, 0.3) is 0 Å². The van der Waals surface area contributed by atoms with Crippen LogP contribution in [0, 0.1) is 52.2 Å². The highest BCUT2D eigenvalue weighted by Crippen LogP contribution is 2.64. The van der Waals surface area contributed by atoms with Crippen LogP contribution in [0.25, 0.3) is 0 Å². The summed E-state index contributed by atoms with van der Waals surface area (Å²) in [6.07, 6.45) is 10.0. The van der Waals surface area contributed by atoms with Gasteiger partial charge >= 0.3 is 0 Å². The van der Waals surface area contributed by atoms with Crippen LogP contribution in [0.15, 0.2) is 0 Å². The molecule has 0 aromatic carbocycles. The Hall–Kier alpha value is -0.520. The van der Waals surface area contributed by atoms with E-state index in [9.17, 15) is 9.90 Å². The van der Waals surface area contributed by atoms with E-state index in [0.717, 1.165) is 49.4 Å². The molecule has 4 rings (SSSR count). The van der Waals surface area contributed by atoms with Gasteiger partial charge in [0.1, 0.15) is 11.4 Å². The van der Waals surface area contributed by atoms with Crippen molar-refractivity contribution in [1.82, 2.24) is 0 Å². The van der Waals surface area contributed by atoms with E-state index >= 15 is 0 Å². The fourth-order valence-electron chi connectivity index (χ4n) is 7.75. The third kappa shape index (κ3) is 2.78. The summed E-state index contributed by atoms with van der Waals surface area (Å²) < 4.78 is 0. The first-order chi connectivity index (χ1) is 11.9. The number of ketones is 1. The van der Waals surface area contributed by atoms with E-state index in [-0.39, 0.29) is 5.41 Å². The fourth-order valence-corrected chi connectivity index (χ4v) is 7.92. The summed E-state index contributed by atoms with van der Waals surface area (Å²) in [7, 11) is 0. The number of Topliss-reactive ketones (excluding diaryl/α,β-unsaturated/α-hetero) is 1. The molecule has 2 nitrogen and oxygen atoms in total. The van der Waals surface area contributed by atoms with Gasteiger partial charge < -0.3 is 5.11 Å². The van der Waals surface area contributed by atoms with Crippen LogP contribution in [0.5, 0.6) is 0 Å². The molecule has 0 aliphatic heterocycles. The van der Waals surface area contributed by atoms with Crippen molar-refractivity contribution in [3.8, 4) is 11.3 Å². The van der Waals surface area contributed by atoms with Gasteiger partial charge in [0.15, 0.2) is 0 Å². The maximum Gasteiger partial charge on any atom is 0.133 e. The van der Waals surface area contributed by atoms with Gasteiger partial charge in [0.05, 0.1) is 0 Å². The molecule has 0 aromatic rings. The quantitative estimate of drug-likeness (QED) is 0.682. The first kappa shape index (κ1) is 17.9. The highest BCUT2D eigenvalue weighted by molar-refractivity contribution is 6.30. The average Bonchev–Trinajstić information content (AvgIpc) is 2.91. The van der Waals surface area contributed by atoms with Crippen molar-refractivity contribution < 1.29 is 9.90 Å². The summed E-state index contributed by atoms with van der Waals surface area (Å²) in [5.74, 6) is 7.27. The summed E-state index contributed by atoms with van der Waals surface area (Å²) in [6, 6.07) is 0. The molecule has 0 unspecified atom stereocenters. The Kier molecular flexibility index (Phi) is 4.49. The molecule has 0 spiro atoms. The molecule has 0 saturated heterocycles. The van der Waals surface area contributed by atoms with E-state index in [1.807, 2.05) is 0 Å². The van der Waals surface area contributed by atoms with Gasteiger partial charge in [-0.05, 0) is 111 Å². The lowest BCUT2D eigenvalue weighted by Gasteiger charge is -2.56. The lowest BCUT2D eigenvalue weighted by molar-refractivity contribution is -0.129. The van der Waals surface area contributed by atoms with Gasteiger partial charge in [0, 0.05) is 11.3 Å². The van der Waals surface area contributed by atoms with Gasteiger partial charge in [-0.15, -0.1) is 0 Å². The largest absolute Gasteiger partial charge is 0.378 e. The Balaban J connectivity index is 1.53. The number of carbonyl (C=O) groups excluding carboxylic acids is 1. The number of rotatable bonds is 1. The molecule has 25 heavy (non-hydrogen) atoms. The summed E-state index contributed by atoms with van der Waals surface area (Å²) in [6.45, 7) is 4.22. The van der Waals surface area contributed by atoms with Crippen molar-refractivity contribution in [3.05, 3.63) is 0 Å². The second-order valence-corrected chi connectivity index (χ2v) is 9.90. The molecule has 4 fully saturated rings. The van der Waals surface area contributed by atoms with E-state index < -0.39 is 5.60 Å². The summed E-state index contributed by atoms with van der Waals surface area (Å²) in [5, 5.41) is 13.1. The number of hydrogen-bond donors (Lipinski definition) is 1. The van der Waals surface area contributed by atoms with Crippen molar-refractivity contribution in [2.24, 2.45) is 40.9 Å². The molecule has 4 aliphatic carbocycles. The number of hydrogen-bond acceptors (Lipinski definition) is 2. The zero-order chi connectivity index (χ0) is 17.8. The van der Waals surface area contributed by atoms with Gasteiger partial charge in [-0.3, -0.25) is 4.79 Å². The second kappa shape index (κ2) is 6.28. The van der Waals surface area contributed by atoms with Crippen molar-refractivity contribution >= 4 is 17.4 Å². The Bertz CT molecular complexity index is 619. The predicted molar refractivity (Wildman–Crippen MR) is 99.9 cm³/mol. The van der Waals surface area contributed by atoms with Crippen molar-refractivity contribution in [2.45, 2.75) is 77.2 Å². The first-order valence-electron chi connectivity index (χ1n) is 10.2. The van der Waals surface area contributed by atoms with Crippen molar-refractivity contribution in [2.75, 3.05) is 0 Å². The Labute approximate surface area is 157 Å². The molecule has 0 bridgehead atoms. The van der Waals surface area contributed by atoms with Gasteiger partial charge in [-0.1, -0.05) is 12.8 Å². The number of halogens is 1. The normalized spacial score (nSPS) is 51.5. The molecule has 4 saturated carbocycles. The number of fused-ring (bicyclic) bond motifs is 5. The van der Waals surface area contributed by atoms with Crippen LogP contribution < -0.4 is 0 Å². The molecular weight excluding hydrogens is 332 g/mol. The second-order valence-electron chi connectivity index (χ2n) is 9.71. The minimum Gasteiger partial charge on any atom is -0.378 e. The maximum atomic E-state index is 12.2. The zero-order valence-electron chi connectivity index (χ0n) is 15.6.